The third-order valence-corrected chi connectivity index (χ3v) is 6.18. The molecule has 0 radical (unpaired) electrons. The predicted octanol–water partition coefficient (Wildman–Crippen LogP) is 4.08. The van der Waals surface area contributed by atoms with Crippen LogP contribution in [0.5, 0.6) is 0 Å². The van der Waals surface area contributed by atoms with Crippen LogP contribution in [-0.4, -0.2) is 43.7 Å². The van der Waals surface area contributed by atoms with E-state index in [0.29, 0.717) is 18.7 Å². The van der Waals surface area contributed by atoms with Gasteiger partial charge in [-0.15, -0.1) is 0 Å². The second-order valence-corrected chi connectivity index (χ2v) is 8.77. The molecular formula is C26H28N4O4. The van der Waals surface area contributed by atoms with E-state index in [9.17, 15) is 19.7 Å². The van der Waals surface area contributed by atoms with Crippen LogP contribution in [0.25, 0.3) is 0 Å². The molecule has 0 N–H and O–H groups in total. The summed E-state index contributed by atoms with van der Waals surface area (Å²) in [4.78, 5) is 41.0. The number of nitro benzene ring substituents is 1. The first-order chi connectivity index (χ1) is 16.3. The first-order valence-corrected chi connectivity index (χ1v) is 11.3. The number of carbonyl (C=O) groups excluding carboxylic acids is 2. The van der Waals surface area contributed by atoms with Gasteiger partial charge in [-0.2, -0.15) is 0 Å². The minimum atomic E-state index is -0.486. The number of hydrogen-bond acceptors (Lipinski definition) is 4. The van der Waals surface area contributed by atoms with Gasteiger partial charge in [0.1, 0.15) is 6.54 Å². The van der Waals surface area contributed by atoms with E-state index in [2.05, 4.69) is 0 Å². The summed E-state index contributed by atoms with van der Waals surface area (Å²) in [6, 6.07) is 18.1. The molecule has 1 aliphatic carbocycles. The highest BCUT2D eigenvalue weighted by molar-refractivity contribution is 5.97. The molecule has 8 heteroatoms. The number of rotatable bonds is 9. The van der Waals surface area contributed by atoms with Crippen molar-refractivity contribution >= 4 is 17.5 Å². The topological polar surface area (TPSA) is 88.7 Å². The Morgan fingerprint density at radius 3 is 2.41 bits per heavy atom. The van der Waals surface area contributed by atoms with E-state index in [4.69, 9.17) is 0 Å². The van der Waals surface area contributed by atoms with Crippen molar-refractivity contribution in [3.05, 3.63) is 99.4 Å². The molecule has 176 valence electrons. The predicted molar refractivity (Wildman–Crippen MR) is 128 cm³/mol. The highest BCUT2D eigenvalue weighted by atomic mass is 16.6. The molecule has 0 aliphatic heterocycles. The number of carbonyl (C=O) groups is 2. The molecule has 2 aromatic carbocycles. The molecule has 0 atom stereocenters. The van der Waals surface area contributed by atoms with Gasteiger partial charge < -0.3 is 14.4 Å². The second-order valence-electron chi connectivity index (χ2n) is 8.77. The zero-order valence-electron chi connectivity index (χ0n) is 19.4. The molecule has 34 heavy (non-hydrogen) atoms. The lowest BCUT2D eigenvalue weighted by Gasteiger charge is -2.28. The summed E-state index contributed by atoms with van der Waals surface area (Å²) >= 11 is 0. The molecule has 1 fully saturated rings. The largest absolute Gasteiger partial charge is 0.353 e. The van der Waals surface area contributed by atoms with E-state index < -0.39 is 4.92 Å². The molecule has 1 aromatic heterocycles. The molecule has 1 saturated carbocycles. The average Bonchev–Trinajstić information content (AvgIpc) is 3.59. The van der Waals surface area contributed by atoms with E-state index in [1.165, 1.54) is 6.07 Å². The maximum atomic E-state index is 13.5. The van der Waals surface area contributed by atoms with Gasteiger partial charge in [0.15, 0.2) is 0 Å². The van der Waals surface area contributed by atoms with Crippen LogP contribution in [0.1, 0.15) is 40.0 Å². The molecule has 0 bridgehead atoms. The summed E-state index contributed by atoms with van der Waals surface area (Å²) in [6.07, 6.45) is 3.58. The van der Waals surface area contributed by atoms with Crippen molar-refractivity contribution in [1.29, 1.82) is 0 Å². The summed E-state index contributed by atoms with van der Waals surface area (Å²) in [5, 5.41) is 11.4. The van der Waals surface area contributed by atoms with Gasteiger partial charge in [-0.25, -0.2) is 0 Å². The van der Waals surface area contributed by atoms with E-state index in [1.807, 2.05) is 60.3 Å². The maximum absolute atomic E-state index is 13.5. The number of aromatic nitrogens is 1. The van der Waals surface area contributed by atoms with Crippen LogP contribution >= 0.6 is 0 Å². The number of nitro groups is 1. The highest BCUT2D eigenvalue weighted by Crippen LogP contribution is 2.30. The van der Waals surface area contributed by atoms with Crippen LogP contribution in [0.2, 0.25) is 0 Å². The van der Waals surface area contributed by atoms with E-state index in [0.717, 1.165) is 24.1 Å². The third kappa shape index (κ3) is 5.33. The lowest BCUT2D eigenvalue weighted by atomic mass is 10.1. The molecule has 1 heterocycles. The maximum Gasteiger partial charge on any atom is 0.273 e. The van der Waals surface area contributed by atoms with Gasteiger partial charge in [-0.1, -0.05) is 36.4 Å². The smallest absolute Gasteiger partial charge is 0.273 e. The molecule has 2 amide bonds. The standard InChI is InChI=1S/C26H28N4O4/c1-19-10-11-21(15-24(19)30(33)34)26(32)29(22-12-13-22)18-25(31)28(16-20-7-4-3-5-8-20)17-23-9-6-14-27(23)2/h3-11,14-15,22H,12-13,16-18H2,1-2H3. The van der Waals surface area contributed by atoms with Gasteiger partial charge >= 0.3 is 0 Å². The molecule has 1 aliphatic rings. The molecule has 0 unspecified atom stereocenters. The molecular weight excluding hydrogens is 432 g/mol. The van der Waals surface area contributed by atoms with Gasteiger partial charge in [0.25, 0.3) is 11.6 Å². The van der Waals surface area contributed by atoms with Crippen molar-refractivity contribution in [3.63, 3.8) is 0 Å². The third-order valence-electron chi connectivity index (χ3n) is 6.18. The lowest BCUT2D eigenvalue weighted by molar-refractivity contribution is -0.385. The van der Waals surface area contributed by atoms with Gasteiger partial charge in [-0.3, -0.25) is 19.7 Å². The summed E-state index contributed by atoms with van der Waals surface area (Å²) in [5.41, 5.74) is 2.62. The van der Waals surface area contributed by atoms with Gasteiger partial charge in [-0.05, 0) is 43.5 Å². The summed E-state index contributed by atoms with van der Waals surface area (Å²) < 4.78 is 1.97. The van der Waals surface area contributed by atoms with Crippen molar-refractivity contribution in [3.8, 4) is 0 Å². The second kappa shape index (κ2) is 9.91. The van der Waals surface area contributed by atoms with Crippen LogP contribution in [0, 0.1) is 17.0 Å². The first kappa shape index (κ1) is 23.2. The average molecular weight is 461 g/mol. The SMILES string of the molecule is Cc1ccc(C(=O)N(CC(=O)N(Cc2ccccc2)Cc2cccn2C)C2CC2)cc1[N+](=O)[O-]. The Labute approximate surface area is 198 Å². The quantitative estimate of drug-likeness (QED) is 0.356. The zero-order valence-corrected chi connectivity index (χ0v) is 19.4. The van der Waals surface area contributed by atoms with Crippen molar-refractivity contribution in [2.24, 2.45) is 7.05 Å². The lowest BCUT2D eigenvalue weighted by Crippen LogP contribution is -2.43. The number of aryl methyl sites for hydroxylation is 2. The number of benzene rings is 2. The summed E-state index contributed by atoms with van der Waals surface area (Å²) in [6.45, 7) is 2.41. The monoisotopic (exact) mass is 460 g/mol. The Hall–Kier alpha value is -3.94. The fraction of sp³-hybridized carbons (Fsp3) is 0.308. The Morgan fingerprint density at radius 1 is 1.06 bits per heavy atom. The van der Waals surface area contributed by atoms with Crippen LogP contribution in [0.3, 0.4) is 0 Å². The first-order valence-electron chi connectivity index (χ1n) is 11.3. The van der Waals surface area contributed by atoms with Crippen LogP contribution in [0.15, 0.2) is 66.9 Å². The summed E-state index contributed by atoms with van der Waals surface area (Å²) in [7, 11) is 1.94. The van der Waals surface area contributed by atoms with E-state index in [-0.39, 0.29) is 35.7 Å². The van der Waals surface area contributed by atoms with Crippen molar-refractivity contribution in [1.82, 2.24) is 14.4 Å². The Kier molecular flexibility index (Phi) is 6.77. The molecule has 3 aromatic rings. The van der Waals surface area contributed by atoms with Gasteiger partial charge in [0, 0.05) is 48.7 Å². The van der Waals surface area contributed by atoms with Crippen molar-refractivity contribution < 1.29 is 14.5 Å². The van der Waals surface area contributed by atoms with Gasteiger partial charge in [0.2, 0.25) is 5.91 Å². The molecule has 4 rings (SSSR count). The Bertz CT molecular complexity index is 1200. The summed E-state index contributed by atoms with van der Waals surface area (Å²) in [5.74, 6) is -0.510. The van der Waals surface area contributed by atoms with Crippen molar-refractivity contribution in [2.75, 3.05) is 6.54 Å². The molecule has 0 saturated heterocycles. The van der Waals surface area contributed by atoms with Crippen LogP contribution < -0.4 is 0 Å². The van der Waals surface area contributed by atoms with Crippen LogP contribution in [-0.2, 0) is 24.9 Å². The highest BCUT2D eigenvalue weighted by Gasteiger charge is 2.36. The normalized spacial score (nSPS) is 12.9. The number of amides is 2. The Balaban J connectivity index is 1.56. The Morgan fingerprint density at radius 2 is 1.79 bits per heavy atom. The molecule has 8 nitrogen and oxygen atoms in total. The van der Waals surface area contributed by atoms with Crippen molar-refractivity contribution in [2.45, 2.75) is 38.9 Å². The molecule has 0 spiro atoms. The minimum Gasteiger partial charge on any atom is -0.353 e. The number of hydrogen-bond donors (Lipinski definition) is 0. The number of nitrogens with zero attached hydrogens (tertiary/aromatic N) is 4. The zero-order chi connectivity index (χ0) is 24.2. The van der Waals surface area contributed by atoms with E-state index in [1.54, 1.807) is 28.9 Å². The van der Waals surface area contributed by atoms with Gasteiger partial charge in [0.05, 0.1) is 11.5 Å². The minimum absolute atomic E-state index is 0.0228. The van der Waals surface area contributed by atoms with Crippen LogP contribution in [0.4, 0.5) is 5.69 Å². The van der Waals surface area contributed by atoms with E-state index >= 15 is 0 Å². The fourth-order valence-electron chi connectivity index (χ4n) is 4.00. The fourth-order valence-corrected chi connectivity index (χ4v) is 4.00.